The Labute approximate surface area is 179 Å². The van der Waals surface area contributed by atoms with E-state index >= 15 is 0 Å². The van der Waals surface area contributed by atoms with Crippen LogP contribution in [0.3, 0.4) is 0 Å². The van der Waals surface area contributed by atoms with Crippen molar-refractivity contribution in [3.63, 3.8) is 0 Å². The highest BCUT2D eigenvalue weighted by Gasteiger charge is 2.29. The minimum absolute atomic E-state index is 0.116. The molecule has 3 aromatic rings. The summed E-state index contributed by atoms with van der Waals surface area (Å²) in [4.78, 5) is 41.1. The van der Waals surface area contributed by atoms with Gasteiger partial charge in [-0.2, -0.15) is 0 Å². The SMILES string of the molecule is [N-]=[N+]=N/C(=C\c1ccc2c(c1)C(=O)c1ccccc1C2=O)C(=O)c1ccc(Br)cc1. The zero-order chi connectivity index (χ0) is 21.3. The number of rotatable bonds is 4. The van der Waals surface area contributed by atoms with E-state index in [4.69, 9.17) is 5.53 Å². The summed E-state index contributed by atoms with van der Waals surface area (Å²) in [6, 6.07) is 18.0. The zero-order valence-corrected chi connectivity index (χ0v) is 17.0. The largest absolute Gasteiger partial charge is 0.289 e. The van der Waals surface area contributed by atoms with E-state index < -0.39 is 5.78 Å². The first-order valence-corrected chi connectivity index (χ1v) is 9.68. The summed E-state index contributed by atoms with van der Waals surface area (Å²) in [6.07, 6.45) is 1.41. The van der Waals surface area contributed by atoms with Gasteiger partial charge < -0.3 is 0 Å². The molecule has 0 aliphatic heterocycles. The first kappa shape index (κ1) is 19.5. The number of hydrogen-bond acceptors (Lipinski definition) is 4. The Balaban J connectivity index is 1.77. The fourth-order valence-electron chi connectivity index (χ4n) is 3.30. The molecule has 3 aromatic carbocycles. The number of nitrogens with zero attached hydrogens (tertiary/aromatic N) is 3. The summed E-state index contributed by atoms with van der Waals surface area (Å²) in [7, 11) is 0. The Morgan fingerprint density at radius 3 is 2.10 bits per heavy atom. The minimum Gasteiger partial charge on any atom is -0.289 e. The van der Waals surface area contributed by atoms with E-state index in [-0.39, 0.29) is 22.8 Å². The molecule has 7 heteroatoms. The summed E-state index contributed by atoms with van der Waals surface area (Å²) < 4.78 is 0.812. The lowest BCUT2D eigenvalue weighted by molar-refractivity contribution is 0.0979. The summed E-state index contributed by atoms with van der Waals surface area (Å²) in [5.41, 5.74) is 10.9. The zero-order valence-electron chi connectivity index (χ0n) is 15.4. The third-order valence-electron chi connectivity index (χ3n) is 4.74. The number of fused-ring (bicyclic) bond motifs is 2. The number of hydrogen-bond donors (Lipinski definition) is 0. The molecule has 0 amide bonds. The van der Waals surface area contributed by atoms with Crippen molar-refractivity contribution in [3.05, 3.63) is 121 Å². The molecule has 6 nitrogen and oxygen atoms in total. The number of halogens is 1. The highest BCUT2D eigenvalue weighted by atomic mass is 79.9. The molecule has 0 bridgehead atoms. The van der Waals surface area contributed by atoms with Gasteiger partial charge in [0.15, 0.2) is 17.3 Å². The summed E-state index contributed by atoms with van der Waals surface area (Å²) in [6.45, 7) is 0. The predicted molar refractivity (Wildman–Crippen MR) is 115 cm³/mol. The summed E-state index contributed by atoms with van der Waals surface area (Å²) in [5, 5.41) is 3.53. The number of azide groups is 1. The van der Waals surface area contributed by atoms with E-state index in [9.17, 15) is 14.4 Å². The van der Waals surface area contributed by atoms with Crippen LogP contribution in [0.1, 0.15) is 47.8 Å². The number of ketones is 3. The second kappa shape index (κ2) is 7.91. The fraction of sp³-hybridized carbons (Fsp3) is 0. The van der Waals surface area contributed by atoms with Crippen LogP contribution in [0.15, 0.2) is 82.0 Å². The average molecular weight is 458 g/mol. The predicted octanol–water partition coefficient (Wildman–Crippen LogP) is 5.76. The second-order valence-electron chi connectivity index (χ2n) is 6.56. The first-order chi connectivity index (χ1) is 14.5. The standard InChI is InChI=1S/C23H12BrN3O3/c24-15-8-6-14(7-9-15)21(28)20(26-27-25)12-13-5-10-18-19(11-13)23(30)17-4-2-1-3-16(17)22(18)29/h1-12H/b20-12-. The molecular formula is C23H12BrN3O3. The lowest BCUT2D eigenvalue weighted by Crippen LogP contribution is -2.20. The maximum atomic E-state index is 12.9. The Hall–Kier alpha value is -3.80. The molecule has 0 aromatic heterocycles. The molecule has 0 atom stereocenters. The van der Waals surface area contributed by atoms with Crippen LogP contribution in [0.2, 0.25) is 0 Å². The van der Waals surface area contributed by atoms with Crippen LogP contribution in [0.25, 0.3) is 16.5 Å². The maximum absolute atomic E-state index is 12.9. The fourth-order valence-corrected chi connectivity index (χ4v) is 3.57. The summed E-state index contributed by atoms with van der Waals surface area (Å²) >= 11 is 3.31. The Morgan fingerprint density at radius 1 is 0.867 bits per heavy atom. The number of carbonyl (C=O) groups is 3. The third kappa shape index (κ3) is 3.48. The second-order valence-corrected chi connectivity index (χ2v) is 7.48. The highest BCUT2D eigenvalue weighted by molar-refractivity contribution is 9.10. The summed E-state index contributed by atoms with van der Waals surface area (Å²) in [5.74, 6) is -0.942. The van der Waals surface area contributed by atoms with Crippen LogP contribution in [-0.4, -0.2) is 17.3 Å². The van der Waals surface area contributed by atoms with Gasteiger partial charge in [-0.15, -0.1) is 0 Å². The molecule has 0 saturated heterocycles. The molecule has 30 heavy (non-hydrogen) atoms. The third-order valence-corrected chi connectivity index (χ3v) is 5.27. The molecule has 0 N–H and O–H groups in total. The molecule has 1 aliphatic rings. The van der Waals surface area contributed by atoms with Gasteiger partial charge in [0.2, 0.25) is 0 Å². The molecular weight excluding hydrogens is 446 g/mol. The van der Waals surface area contributed by atoms with Crippen molar-refractivity contribution in [2.24, 2.45) is 5.11 Å². The van der Waals surface area contributed by atoms with Crippen molar-refractivity contribution < 1.29 is 14.4 Å². The van der Waals surface area contributed by atoms with Crippen LogP contribution >= 0.6 is 15.9 Å². The quantitative estimate of drug-likeness (QED) is 0.128. The Morgan fingerprint density at radius 2 is 1.47 bits per heavy atom. The van der Waals surface area contributed by atoms with Gasteiger partial charge in [-0.3, -0.25) is 14.4 Å². The highest BCUT2D eigenvalue weighted by Crippen LogP contribution is 2.28. The van der Waals surface area contributed by atoms with Gasteiger partial charge in [-0.25, -0.2) is 0 Å². The molecule has 1 aliphatic carbocycles. The lowest BCUT2D eigenvalue weighted by Gasteiger charge is -2.17. The van der Waals surface area contributed by atoms with E-state index in [0.717, 1.165) is 4.47 Å². The van der Waals surface area contributed by atoms with Crippen molar-refractivity contribution in [2.75, 3.05) is 0 Å². The molecule has 0 saturated carbocycles. The van der Waals surface area contributed by atoms with Crippen LogP contribution in [0.4, 0.5) is 0 Å². The molecule has 0 heterocycles. The molecule has 4 rings (SSSR count). The minimum atomic E-state index is -0.453. The monoisotopic (exact) mass is 457 g/mol. The number of carbonyl (C=O) groups excluding carboxylic acids is 3. The Kier molecular flexibility index (Phi) is 5.14. The van der Waals surface area contributed by atoms with Crippen molar-refractivity contribution in [3.8, 4) is 0 Å². The van der Waals surface area contributed by atoms with Gasteiger partial charge in [0.1, 0.15) is 0 Å². The van der Waals surface area contributed by atoms with Crippen LogP contribution in [0.5, 0.6) is 0 Å². The van der Waals surface area contributed by atoms with E-state index in [2.05, 4.69) is 26.0 Å². The van der Waals surface area contributed by atoms with Gasteiger partial charge in [0.25, 0.3) is 0 Å². The van der Waals surface area contributed by atoms with E-state index in [1.807, 2.05) is 0 Å². The molecule has 0 unspecified atom stereocenters. The van der Waals surface area contributed by atoms with Crippen LogP contribution in [-0.2, 0) is 0 Å². The lowest BCUT2D eigenvalue weighted by atomic mass is 9.83. The van der Waals surface area contributed by atoms with Gasteiger partial charge in [0, 0.05) is 37.2 Å². The van der Waals surface area contributed by atoms with Gasteiger partial charge in [-0.1, -0.05) is 51.4 Å². The van der Waals surface area contributed by atoms with Gasteiger partial charge in [0.05, 0.1) is 5.70 Å². The van der Waals surface area contributed by atoms with Crippen molar-refractivity contribution in [2.45, 2.75) is 0 Å². The molecule has 0 radical (unpaired) electrons. The maximum Gasteiger partial charge on any atom is 0.195 e. The van der Waals surface area contributed by atoms with Crippen molar-refractivity contribution in [1.82, 2.24) is 0 Å². The number of allylic oxidation sites excluding steroid dienone is 1. The molecule has 0 spiro atoms. The van der Waals surface area contributed by atoms with Crippen LogP contribution in [0, 0.1) is 0 Å². The first-order valence-electron chi connectivity index (χ1n) is 8.89. The topological polar surface area (TPSA) is 100.0 Å². The van der Waals surface area contributed by atoms with Crippen molar-refractivity contribution in [1.29, 1.82) is 0 Å². The smallest absolute Gasteiger partial charge is 0.195 e. The van der Waals surface area contributed by atoms with E-state index in [0.29, 0.717) is 27.8 Å². The Bertz CT molecular complexity index is 1300. The van der Waals surface area contributed by atoms with E-state index in [1.54, 1.807) is 60.7 Å². The number of Topliss-reactive ketones (excluding diaryl/α,β-unsaturated/α-hetero) is 1. The molecule has 144 valence electrons. The van der Waals surface area contributed by atoms with E-state index in [1.165, 1.54) is 12.1 Å². The van der Waals surface area contributed by atoms with Crippen LogP contribution < -0.4 is 0 Å². The number of benzene rings is 3. The molecule has 0 fully saturated rings. The normalized spacial score (nSPS) is 12.6. The van der Waals surface area contributed by atoms with Gasteiger partial charge in [-0.05, 0) is 53.6 Å². The van der Waals surface area contributed by atoms with Gasteiger partial charge >= 0.3 is 0 Å². The van der Waals surface area contributed by atoms with Crippen molar-refractivity contribution >= 4 is 39.4 Å². The average Bonchev–Trinajstić information content (AvgIpc) is 2.77.